The van der Waals surface area contributed by atoms with Crippen LogP contribution in [0.25, 0.3) is 0 Å². The number of amides is 2. The van der Waals surface area contributed by atoms with Crippen molar-refractivity contribution < 1.29 is 18.4 Å². The van der Waals surface area contributed by atoms with Crippen molar-refractivity contribution in [2.24, 2.45) is 0 Å². The van der Waals surface area contributed by atoms with E-state index in [2.05, 4.69) is 29.6 Å². The fraction of sp³-hybridized carbons (Fsp3) is 0.188. The van der Waals surface area contributed by atoms with E-state index in [1.807, 2.05) is 36.4 Å². The molecule has 1 aliphatic heterocycles. The number of benzene rings is 4. The molecular weight excluding hydrogens is 514 g/mol. The molecule has 1 fully saturated rings. The molecule has 4 aromatic carbocycles. The average Bonchev–Trinajstić information content (AvgIpc) is 3.41. The normalized spacial score (nSPS) is 16.8. The number of nitrogens with zero attached hydrogens (tertiary/aromatic N) is 1. The van der Waals surface area contributed by atoms with Gasteiger partial charge in [0.15, 0.2) is 0 Å². The Morgan fingerprint density at radius 3 is 2.08 bits per heavy atom. The number of carbonyl (C=O) groups excluding carboxylic acids is 2. The minimum Gasteiger partial charge on any atom is -0.354 e. The van der Waals surface area contributed by atoms with Crippen molar-refractivity contribution in [1.82, 2.24) is 10.2 Å². The lowest BCUT2D eigenvalue weighted by atomic mass is 9.88. The molecule has 0 bridgehead atoms. The Morgan fingerprint density at radius 1 is 0.821 bits per heavy atom. The second-order valence-corrected chi connectivity index (χ2v) is 10.5. The van der Waals surface area contributed by atoms with Crippen LogP contribution in [0, 0.1) is 11.6 Å². The number of nitrogens with one attached hydrogen (secondary N) is 1. The van der Waals surface area contributed by atoms with E-state index in [0.717, 1.165) is 11.1 Å². The Labute approximate surface area is 231 Å². The van der Waals surface area contributed by atoms with Crippen LogP contribution in [0.3, 0.4) is 0 Å². The molecule has 0 aliphatic carbocycles. The van der Waals surface area contributed by atoms with Crippen LogP contribution in [0.15, 0.2) is 109 Å². The van der Waals surface area contributed by atoms with Gasteiger partial charge in [-0.1, -0.05) is 78.9 Å². The van der Waals surface area contributed by atoms with Crippen molar-refractivity contribution >= 4 is 23.6 Å². The lowest BCUT2D eigenvalue weighted by Crippen LogP contribution is -2.48. The summed E-state index contributed by atoms with van der Waals surface area (Å²) in [6.45, 7) is 0.414. The van der Waals surface area contributed by atoms with Crippen LogP contribution in [-0.2, 0) is 4.79 Å². The van der Waals surface area contributed by atoms with Gasteiger partial charge in [0.1, 0.15) is 23.1 Å². The van der Waals surface area contributed by atoms with Crippen molar-refractivity contribution in [3.8, 4) is 0 Å². The van der Waals surface area contributed by atoms with Gasteiger partial charge >= 0.3 is 0 Å². The van der Waals surface area contributed by atoms with Crippen molar-refractivity contribution in [2.45, 2.75) is 23.8 Å². The molecule has 4 nitrogen and oxygen atoms in total. The molecule has 1 heterocycles. The highest BCUT2D eigenvalue weighted by Crippen LogP contribution is 2.42. The maximum Gasteiger partial charge on any atom is 0.255 e. The zero-order valence-corrected chi connectivity index (χ0v) is 22.0. The van der Waals surface area contributed by atoms with Gasteiger partial charge in [0.05, 0.1) is 0 Å². The molecule has 0 aromatic heterocycles. The van der Waals surface area contributed by atoms with E-state index >= 15 is 0 Å². The quantitative estimate of drug-likeness (QED) is 0.274. The van der Waals surface area contributed by atoms with Gasteiger partial charge in [-0.05, 0) is 53.4 Å². The Morgan fingerprint density at radius 2 is 1.46 bits per heavy atom. The first kappa shape index (κ1) is 26.6. The molecule has 7 heteroatoms. The van der Waals surface area contributed by atoms with Crippen LogP contribution in [0.4, 0.5) is 8.78 Å². The lowest BCUT2D eigenvalue weighted by molar-refractivity contribution is -0.124. The summed E-state index contributed by atoms with van der Waals surface area (Å²) < 4.78 is 27.6. The third-order valence-electron chi connectivity index (χ3n) is 6.90. The molecule has 2 atom stereocenters. The third kappa shape index (κ3) is 6.20. The minimum atomic E-state index is -0.757. The molecule has 2 amide bonds. The van der Waals surface area contributed by atoms with E-state index in [-0.39, 0.29) is 23.2 Å². The first-order valence-corrected chi connectivity index (χ1v) is 13.9. The molecule has 1 N–H and O–H groups in total. The van der Waals surface area contributed by atoms with Crippen molar-refractivity contribution in [1.29, 1.82) is 0 Å². The minimum absolute atomic E-state index is 0.0997. The summed E-state index contributed by atoms with van der Waals surface area (Å²) in [5, 5.41) is 2.54. The van der Waals surface area contributed by atoms with Crippen LogP contribution in [-0.4, -0.2) is 35.1 Å². The van der Waals surface area contributed by atoms with E-state index < -0.39 is 23.1 Å². The molecular formula is C32H28F2N2O2S. The number of halogens is 2. The second-order valence-electron chi connectivity index (χ2n) is 9.43. The second kappa shape index (κ2) is 12.3. The molecule has 1 aliphatic rings. The highest BCUT2D eigenvalue weighted by atomic mass is 32.2. The van der Waals surface area contributed by atoms with E-state index in [9.17, 15) is 18.4 Å². The van der Waals surface area contributed by atoms with Gasteiger partial charge < -0.3 is 10.2 Å². The summed E-state index contributed by atoms with van der Waals surface area (Å²) in [7, 11) is 0. The van der Waals surface area contributed by atoms with Gasteiger partial charge in [-0.15, -0.1) is 11.8 Å². The third-order valence-corrected chi connectivity index (χ3v) is 8.22. The molecule has 39 heavy (non-hydrogen) atoms. The summed E-state index contributed by atoms with van der Waals surface area (Å²) in [6.07, 6.45) is 0.679. The fourth-order valence-electron chi connectivity index (χ4n) is 4.97. The van der Waals surface area contributed by atoms with Crippen molar-refractivity contribution in [3.63, 3.8) is 0 Å². The molecule has 0 spiro atoms. The average molecular weight is 543 g/mol. The van der Waals surface area contributed by atoms with Crippen LogP contribution >= 0.6 is 11.8 Å². The molecule has 1 saturated heterocycles. The van der Waals surface area contributed by atoms with Crippen LogP contribution in [0.1, 0.15) is 44.8 Å². The van der Waals surface area contributed by atoms with Crippen LogP contribution in [0.2, 0.25) is 0 Å². The van der Waals surface area contributed by atoms with Gasteiger partial charge in [0, 0.05) is 23.8 Å². The molecule has 198 valence electrons. The predicted molar refractivity (Wildman–Crippen MR) is 150 cm³/mol. The summed E-state index contributed by atoms with van der Waals surface area (Å²) >= 11 is 1.43. The van der Waals surface area contributed by atoms with Crippen LogP contribution in [0.5, 0.6) is 0 Å². The first-order valence-electron chi connectivity index (χ1n) is 12.8. The first-order chi connectivity index (χ1) is 19.0. The summed E-state index contributed by atoms with van der Waals surface area (Å²) in [5.74, 6) is -1.15. The van der Waals surface area contributed by atoms with Crippen molar-refractivity contribution in [2.75, 3.05) is 12.3 Å². The maximum atomic E-state index is 14.0. The van der Waals surface area contributed by atoms with Crippen LogP contribution < -0.4 is 5.32 Å². The number of hydrogen-bond acceptors (Lipinski definition) is 3. The maximum absolute atomic E-state index is 14.0. The molecule has 5 rings (SSSR count). The number of hydrogen-bond donors (Lipinski definition) is 1. The van der Waals surface area contributed by atoms with Crippen molar-refractivity contribution in [3.05, 3.63) is 143 Å². The number of carbonyl (C=O) groups is 2. The standard InChI is InChI=1S/C32H28F2N2O2S/c33-26-16-14-24(15-17-26)32-36(31(38)25-12-7-13-27(34)20-25)29(21-39-32)30(37)35-19-18-28(22-8-3-1-4-9-22)23-10-5-2-6-11-23/h1-17,20,28-29,32H,18-19,21H2,(H,35,37). The Bertz CT molecular complexity index is 1380. The van der Waals surface area contributed by atoms with Gasteiger partial charge in [-0.25, -0.2) is 8.78 Å². The summed E-state index contributed by atoms with van der Waals surface area (Å²) in [6, 6.07) is 30.9. The monoisotopic (exact) mass is 542 g/mol. The summed E-state index contributed by atoms with van der Waals surface area (Å²) in [4.78, 5) is 28.6. The highest BCUT2D eigenvalue weighted by Gasteiger charge is 2.42. The Kier molecular flexibility index (Phi) is 8.37. The molecule has 0 radical (unpaired) electrons. The number of rotatable bonds is 8. The molecule has 0 saturated carbocycles. The van der Waals surface area contributed by atoms with E-state index in [1.165, 1.54) is 53.1 Å². The topological polar surface area (TPSA) is 49.4 Å². The van der Waals surface area contributed by atoms with Gasteiger partial charge in [-0.3, -0.25) is 9.59 Å². The SMILES string of the molecule is O=C(NCCC(c1ccccc1)c1ccccc1)C1CSC(c2ccc(F)cc2)N1C(=O)c1cccc(F)c1. The largest absolute Gasteiger partial charge is 0.354 e. The zero-order chi connectivity index (χ0) is 27.2. The highest BCUT2D eigenvalue weighted by molar-refractivity contribution is 7.99. The lowest BCUT2D eigenvalue weighted by Gasteiger charge is -2.29. The fourth-order valence-corrected chi connectivity index (χ4v) is 6.39. The van der Waals surface area contributed by atoms with Gasteiger partial charge in [0.25, 0.3) is 5.91 Å². The predicted octanol–water partition coefficient (Wildman–Crippen LogP) is 6.56. The van der Waals surface area contributed by atoms with E-state index in [1.54, 1.807) is 12.1 Å². The van der Waals surface area contributed by atoms with E-state index in [0.29, 0.717) is 24.3 Å². The zero-order valence-electron chi connectivity index (χ0n) is 21.2. The Balaban J connectivity index is 1.34. The Hall–Kier alpha value is -3.97. The van der Waals surface area contributed by atoms with E-state index in [4.69, 9.17) is 0 Å². The van der Waals surface area contributed by atoms with Gasteiger partial charge in [-0.2, -0.15) is 0 Å². The summed E-state index contributed by atoms with van der Waals surface area (Å²) in [5.41, 5.74) is 3.19. The number of thioether (sulfide) groups is 1. The van der Waals surface area contributed by atoms with Gasteiger partial charge in [0.2, 0.25) is 5.91 Å². The molecule has 4 aromatic rings. The molecule has 2 unspecified atom stereocenters. The smallest absolute Gasteiger partial charge is 0.255 e.